The third kappa shape index (κ3) is 5.87. The van der Waals surface area contributed by atoms with Crippen LogP contribution in [0.1, 0.15) is 30.4 Å². The van der Waals surface area contributed by atoms with Crippen molar-refractivity contribution in [2.45, 2.75) is 38.2 Å². The van der Waals surface area contributed by atoms with E-state index in [2.05, 4.69) is 4.98 Å². The van der Waals surface area contributed by atoms with Gasteiger partial charge in [0.15, 0.2) is 11.5 Å². The van der Waals surface area contributed by atoms with Crippen LogP contribution in [0.3, 0.4) is 0 Å². The molecule has 0 radical (unpaired) electrons. The van der Waals surface area contributed by atoms with Gasteiger partial charge in [0.2, 0.25) is 0 Å². The average molecular weight is 343 g/mol. The van der Waals surface area contributed by atoms with Crippen LogP contribution in [0.15, 0.2) is 42.7 Å². The third-order valence-corrected chi connectivity index (χ3v) is 4.11. The number of Topliss-reactive ketones (excluding diaryl/α,β-unsaturated/α-hetero) is 1. The minimum absolute atomic E-state index is 0.0450. The molecule has 1 heterocycles. The first kappa shape index (κ1) is 18.9. The Balaban J connectivity index is 1.80. The number of aryl methyl sites for hydroxylation is 2. The monoisotopic (exact) mass is 343 g/mol. The summed E-state index contributed by atoms with van der Waals surface area (Å²) in [5.41, 5.74) is 2.00. The van der Waals surface area contributed by atoms with Crippen molar-refractivity contribution in [2.24, 2.45) is 0 Å². The maximum absolute atomic E-state index is 12.1. The molecule has 0 saturated heterocycles. The van der Waals surface area contributed by atoms with Crippen LogP contribution >= 0.6 is 0 Å². The standard InChI is InChI=1S/C20H25NO4/c1-24-19-7-3-6-16(20(19)25-2)9-11-18(23)13-17(22)10-8-15-5-4-12-21-14-15/h3-7,12,14,17,22H,8-11,13H2,1-2H3. The highest BCUT2D eigenvalue weighted by molar-refractivity contribution is 5.79. The van der Waals surface area contributed by atoms with Crippen LogP contribution in [0.2, 0.25) is 0 Å². The molecule has 1 aromatic carbocycles. The van der Waals surface area contributed by atoms with E-state index >= 15 is 0 Å². The van der Waals surface area contributed by atoms with E-state index in [1.807, 2.05) is 30.3 Å². The Hall–Kier alpha value is -2.40. The van der Waals surface area contributed by atoms with Gasteiger partial charge < -0.3 is 14.6 Å². The van der Waals surface area contributed by atoms with Crippen LogP contribution in [0.25, 0.3) is 0 Å². The number of aromatic nitrogens is 1. The van der Waals surface area contributed by atoms with Crippen molar-refractivity contribution in [1.82, 2.24) is 4.98 Å². The number of carbonyl (C=O) groups excluding carboxylic acids is 1. The van der Waals surface area contributed by atoms with Gasteiger partial charge in [-0.1, -0.05) is 18.2 Å². The Morgan fingerprint density at radius 2 is 2.00 bits per heavy atom. The highest BCUT2D eigenvalue weighted by Crippen LogP contribution is 2.31. The highest BCUT2D eigenvalue weighted by Gasteiger charge is 2.14. The number of para-hydroxylation sites is 1. The van der Waals surface area contributed by atoms with E-state index in [4.69, 9.17) is 9.47 Å². The number of pyridine rings is 1. The summed E-state index contributed by atoms with van der Waals surface area (Å²) in [4.78, 5) is 16.2. The molecule has 0 aliphatic carbocycles. The molecule has 0 bridgehead atoms. The molecule has 1 N–H and O–H groups in total. The highest BCUT2D eigenvalue weighted by atomic mass is 16.5. The summed E-state index contributed by atoms with van der Waals surface area (Å²) in [7, 11) is 3.18. The van der Waals surface area contributed by atoms with E-state index in [9.17, 15) is 9.90 Å². The predicted molar refractivity (Wildman–Crippen MR) is 96.1 cm³/mol. The van der Waals surface area contributed by atoms with Crippen molar-refractivity contribution in [2.75, 3.05) is 14.2 Å². The second-order valence-corrected chi connectivity index (χ2v) is 5.95. The fourth-order valence-corrected chi connectivity index (χ4v) is 2.77. The number of hydrogen-bond acceptors (Lipinski definition) is 5. The van der Waals surface area contributed by atoms with Crippen LogP contribution < -0.4 is 9.47 Å². The van der Waals surface area contributed by atoms with Gasteiger partial charge in [-0.15, -0.1) is 0 Å². The third-order valence-electron chi connectivity index (χ3n) is 4.11. The van der Waals surface area contributed by atoms with E-state index in [1.54, 1.807) is 26.6 Å². The zero-order valence-electron chi connectivity index (χ0n) is 14.8. The second-order valence-electron chi connectivity index (χ2n) is 5.95. The molecule has 1 atom stereocenters. The maximum atomic E-state index is 12.1. The van der Waals surface area contributed by atoms with Gasteiger partial charge in [-0.25, -0.2) is 0 Å². The van der Waals surface area contributed by atoms with E-state index < -0.39 is 6.10 Å². The second kappa shape index (κ2) is 9.79. The summed E-state index contributed by atoms with van der Waals surface area (Å²) in [6.45, 7) is 0. The fraction of sp³-hybridized carbons (Fsp3) is 0.400. The molecular formula is C20H25NO4. The van der Waals surface area contributed by atoms with Gasteiger partial charge in [0.05, 0.1) is 20.3 Å². The van der Waals surface area contributed by atoms with Crippen LogP contribution in [0.4, 0.5) is 0 Å². The number of aliphatic hydroxyl groups excluding tert-OH is 1. The van der Waals surface area contributed by atoms with Gasteiger partial charge in [-0.2, -0.15) is 0 Å². The van der Waals surface area contributed by atoms with Crippen molar-refractivity contribution >= 4 is 5.78 Å². The van der Waals surface area contributed by atoms with E-state index in [0.29, 0.717) is 37.2 Å². The molecular weight excluding hydrogens is 318 g/mol. The smallest absolute Gasteiger partial charge is 0.163 e. The molecule has 5 nitrogen and oxygen atoms in total. The number of methoxy groups -OCH3 is 2. The summed E-state index contributed by atoms with van der Waals surface area (Å²) < 4.78 is 10.6. The first-order valence-electron chi connectivity index (χ1n) is 8.42. The summed E-state index contributed by atoms with van der Waals surface area (Å²) in [6, 6.07) is 9.47. The van der Waals surface area contributed by atoms with Gasteiger partial charge in [-0.05, 0) is 42.5 Å². The first-order chi connectivity index (χ1) is 12.1. The predicted octanol–water partition coefficient (Wildman–Crippen LogP) is 2.98. The molecule has 1 aromatic heterocycles. The Bertz CT molecular complexity index is 673. The summed E-state index contributed by atoms with van der Waals surface area (Å²) in [5, 5.41) is 10.1. The molecule has 2 rings (SSSR count). The number of carbonyl (C=O) groups is 1. The molecule has 25 heavy (non-hydrogen) atoms. The number of ketones is 1. The quantitative estimate of drug-likeness (QED) is 0.718. The van der Waals surface area contributed by atoms with Crippen LogP contribution in [0, 0.1) is 0 Å². The van der Waals surface area contributed by atoms with Crippen molar-refractivity contribution in [1.29, 1.82) is 0 Å². The van der Waals surface area contributed by atoms with Crippen LogP contribution in [-0.4, -0.2) is 36.2 Å². The van der Waals surface area contributed by atoms with Gasteiger partial charge in [0, 0.05) is 25.2 Å². The molecule has 0 aliphatic heterocycles. The first-order valence-corrected chi connectivity index (χ1v) is 8.42. The number of ether oxygens (including phenoxy) is 2. The average Bonchev–Trinajstić information content (AvgIpc) is 2.65. The number of aliphatic hydroxyl groups is 1. The van der Waals surface area contributed by atoms with Gasteiger partial charge in [-0.3, -0.25) is 9.78 Å². The lowest BCUT2D eigenvalue weighted by Gasteiger charge is -2.13. The van der Waals surface area contributed by atoms with Crippen LogP contribution in [0.5, 0.6) is 11.5 Å². The molecule has 0 amide bonds. The van der Waals surface area contributed by atoms with Crippen LogP contribution in [-0.2, 0) is 17.6 Å². The minimum Gasteiger partial charge on any atom is -0.493 e. The van der Waals surface area contributed by atoms with Gasteiger partial charge in [0.1, 0.15) is 5.78 Å². The number of benzene rings is 1. The topological polar surface area (TPSA) is 68.7 Å². The zero-order valence-corrected chi connectivity index (χ0v) is 14.8. The molecule has 2 aromatic rings. The lowest BCUT2D eigenvalue weighted by molar-refractivity contribution is -0.120. The lowest BCUT2D eigenvalue weighted by atomic mass is 10.00. The number of nitrogens with zero attached hydrogens (tertiary/aromatic N) is 1. The van der Waals surface area contributed by atoms with Crippen molar-refractivity contribution in [3.8, 4) is 11.5 Å². The Morgan fingerprint density at radius 3 is 2.68 bits per heavy atom. The fourth-order valence-electron chi connectivity index (χ4n) is 2.77. The molecule has 1 unspecified atom stereocenters. The summed E-state index contributed by atoms with van der Waals surface area (Å²) >= 11 is 0. The summed E-state index contributed by atoms with van der Waals surface area (Å²) in [5.74, 6) is 1.36. The van der Waals surface area contributed by atoms with Gasteiger partial charge >= 0.3 is 0 Å². The van der Waals surface area contributed by atoms with Crippen molar-refractivity contribution in [3.05, 3.63) is 53.9 Å². The molecule has 5 heteroatoms. The molecule has 0 saturated carbocycles. The lowest BCUT2D eigenvalue weighted by Crippen LogP contribution is -2.15. The van der Waals surface area contributed by atoms with Crippen molar-refractivity contribution < 1.29 is 19.4 Å². The number of rotatable bonds is 10. The van der Waals surface area contributed by atoms with Gasteiger partial charge in [0.25, 0.3) is 0 Å². The summed E-state index contributed by atoms with van der Waals surface area (Å²) in [6.07, 6.45) is 5.25. The molecule has 0 fully saturated rings. The molecule has 0 spiro atoms. The molecule has 134 valence electrons. The number of hydrogen-bond donors (Lipinski definition) is 1. The normalized spacial score (nSPS) is 11.8. The Labute approximate surface area is 148 Å². The Kier molecular flexibility index (Phi) is 7.41. The molecule has 0 aliphatic rings. The van der Waals surface area contributed by atoms with Crippen molar-refractivity contribution in [3.63, 3.8) is 0 Å². The van der Waals surface area contributed by atoms with E-state index in [-0.39, 0.29) is 12.2 Å². The largest absolute Gasteiger partial charge is 0.493 e. The van der Waals surface area contributed by atoms with E-state index in [1.165, 1.54) is 0 Å². The maximum Gasteiger partial charge on any atom is 0.163 e. The zero-order chi connectivity index (χ0) is 18.1. The van der Waals surface area contributed by atoms with E-state index in [0.717, 1.165) is 11.1 Å². The minimum atomic E-state index is -0.625. The Morgan fingerprint density at radius 1 is 1.16 bits per heavy atom. The SMILES string of the molecule is COc1cccc(CCC(=O)CC(O)CCc2cccnc2)c1OC.